The molecule has 0 heterocycles. The predicted molar refractivity (Wildman–Crippen MR) is 70.3 cm³/mol. The number of hydrogen-bond acceptors (Lipinski definition) is 2. The Bertz CT molecular complexity index is 372. The Hall–Kier alpha value is -0.870. The van der Waals surface area contributed by atoms with Gasteiger partial charge in [0.25, 0.3) is 0 Å². The SMILES string of the molecule is CC(C)(N)CCC(=O)Nc1cccc(Br)c1. The van der Waals surface area contributed by atoms with Gasteiger partial charge in [0, 0.05) is 22.1 Å². The molecule has 0 spiro atoms. The van der Waals surface area contributed by atoms with Crippen molar-refractivity contribution >= 4 is 27.5 Å². The number of anilines is 1. The van der Waals surface area contributed by atoms with Crippen molar-refractivity contribution in [3.05, 3.63) is 28.7 Å². The summed E-state index contributed by atoms with van der Waals surface area (Å²) in [6.07, 6.45) is 1.11. The number of benzene rings is 1. The summed E-state index contributed by atoms with van der Waals surface area (Å²) in [5.74, 6) is -0.00312. The van der Waals surface area contributed by atoms with Crippen molar-refractivity contribution in [1.82, 2.24) is 0 Å². The lowest BCUT2D eigenvalue weighted by Crippen LogP contribution is -2.33. The molecule has 0 aliphatic heterocycles. The zero-order valence-corrected chi connectivity index (χ0v) is 11.2. The van der Waals surface area contributed by atoms with Crippen LogP contribution in [-0.4, -0.2) is 11.4 Å². The molecule has 3 N–H and O–H groups in total. The summed E-state index contributed by atoms with van der Waals surface area (Å²) in [5, 5.41) is 2.83. The fraction of sp³-hybridized carbons (Fsp3) is 0.417. The molecule has 0 aliphatic carbocycles. The van der Waals surface area contributed by atoms with Crippen LogP contribution in [0, 0.1) is 0 Å². The van der Waals surface area contributed by atoms with Gasteiger partial charge >= 0.3 is 0 Å². The summed E-state index contributed by atoms with van der Waals surface area (Å²) in [6.45, 7) is 3.83. The number of rotatable bonds is 4. The molecule has 0 saturated carbocycles. The van der Waals surface area contributed by atoms with Gasteiger partial charge in [-0.25, -0.2) is 0 Å². The average Bonchev–Trinajstić information content (AvgIpc) is 2.14. The van der Waals surface area contributed by atoms with E-state index in [1.807, 2.05) is 38.1 Å². The highest BCUT2D eigenvalue weighted by Crippen LogP contribution is 2.16. The lowest BCUT2D eigenvalue weighted by atomic mass is 10.00. The first-order valence-corrected chi connectivity index (χ1v) is 6.00. The van der Waals surface area contributed by atoms with Crippen LogP contribution >= 0.6 is 15.9 Å². The van der Waals surface area contributed by atoms with E-state index in [0.29, 0.717) is 12.8 Å². The maximum absolute atomic E-state index is 11.6. The van der Waals surface area contributed by atoms with Gasteiger partial charge in [0.15, 0.2) is 0 Å². The fourth-order valence-electron chi connectivity index (χ4n) is 1.23. The predicted octanol–water partition coefficient (Wildman–Crippen LogP) is 2.91. The molecule has 0 aromatic heterocycles. The molecule has 1 amide bonds. The van der Waals surface area contributed by atoms with Crippen LogP contribution in [0.1, 0.15) is 26.7 Å². The van der Waals surface area contributed by atoms with E-state index < -0.39 is 0 Å². The average molecular weight is 285 g/mol. The van der Waals surface area contributed by atoms with Crippen molar-refractivity contribution in [2.75, 3.05) is 5.32 Å². The molecule has 0 unspecified atom stereocenters. The van der Waals surface area contributed by atoms with Gasteiger partial charge in [-0.3, -0.25) is 4.79 Å². The van der Waals surface area contributed by atoms with Crippen LogP contribution in [-0.2, 0) is 4.79 Å². The summed E-state index contributed by atoms with van der Waals surface area (Å²) < 4.78 is 0.949. The summed E-state index contributed by atoms with van der Waals surface area (Å²) in [6, 6.07) is 7.52. The van der Waals surface area contributed by atoms with Crippen molar-refractivity contribution in [3.63, 3.8) is 0 Å². The Kier molecular flexibility index (Phi) is 4.50. The van der Waals surface area contributed by atoms with Crippen molar-refractivity contribution in [2.24, 2.45) is 5.73 Å². The molecular weight excluding hydrogens is 268 g/mol. The summed E-state index contributed by atoms with van der Waals surface area (Å²) in [7, 11) is 0. The van der Waals surface area contributed by atoms with Crippen LogP contribution in [0.25, 0.3) is 0 Å². The zero-order chi connectivity index (χ0) is 12.2. The van der Waals surface area contributed by atoms with E-state index in [1.165, 1.54) is 0 Å². The Labute approximate surface area is 105 Å². The first-order valence-electron chi connectivity index (χ1n) is 5.21. The summed E-state index contributed by atoms with van der Waals surface area (Å²) >= 11 is 3.35. The number of carbonyl (C=O) groups excluding carboxylic acids is 1. The monoisotopic (exact) mass is 284 g/mol. The minimum absolute atomic E-state index is 0.00312. The van der Waals surface area contributed by atoms with Crippen LogP contribution in [0.5, 0.6) is 0 Å². The standard InChI is InChI=1S/C12H17BrN2O/c1-12(2,14)7-6-11(16)15-10-5-3-4-9(13)8-10/h3-5,8H,6-7,14H2,1-2H3,(H,15,16). The minimum Gasteiger partial charge on any atom is -0.326 e. The van der Waals surface area contributed by atoms with E-state index in [0.717, 1.165) is 10.2 Å². The molecule has 3 nitrogen and oxygen atoms in total. The van der Waals surface area contributed by atoms with Crippen LogP contribution < -0.4 is 11.1 Å². The van der Waals surface area contributed by atoms with E-state index in [4.69, 9.17) is 5.73 Å². The lowest BCUT2D eigenvalue weighted by molar-refractivity contribution is -0.116. The minimum atomic E-state index is -0.297. The van der Waals surface area contributed by atoms with Gasteiger partial charge in [0.2, 0.25) is 5.91 Å². The molecule has 1 aromatic carbocycles. The zero-order valence-electron chi connectivity index (χ0n) is 9.59. The number of nitrogens with two attached hydrogens (primary N) is 1. The van der Waals surface area contributed by atoms with E-state index >= 15 is 0 Å². The second-order valence-electron chi connectivity index (χ2n) is 4.55. The lowest BCUT2D eigenvalue weighted by Gasteiger charge is -2.17. The maximum atomic E-state index is 11.6. The first-order chi connectivity index (χ1) is 7.37. The van der Waals surface area contributed by atoms with Gasteiger partial charge in [0.05, 0.1) is 0 Å². The van der Waals surface area contributed by atoms with E-state index in [2.05, 4.69) is 21.2 Å². The Morgan fingerprint density at radius 3 is 2.75 bits per heavy atom. The quantitative estimate of drug-likeness (QED) is 0.893. The molecule has 4 heteroatoms. The maximum Gasteiger partial charge on any atom is 0.224 e. The van der Waals surface area contributed by atoms with Crippen LogP contribution in [0.2, 0.25) is 0 Å². The smallest absolute Gasteiger partial charge is 0.224 e. The van der Waals surface area contributed by atoms with Gasteiger partial charge < -0.3 is 11.1 Å². The van der Waals surface area contributed by atoms with Gasteiger partial charge in [-0.05, 0) is 38.5 Å². The molecule has 0 fully saturated rings. The molecule has 16 heavy (non-hydrogen) atoms. The van der Waals surface area contributed by atoms with Crippen molar-refractivity contribution in [3.8, 4) is 0 Å². The Morgan fingerprint density at radius 1 is 1.50 bits per heavy atom. The van der Waals surface area contributed by atoms with Crippen molar-refractivity contribution in [2.45, 2.75) is 32.2 Å². The van der Waals surface area contributed by atoms with Crippen molar-refractivity contribution < 1.29 is 4.79 Å². The normalized spacial score (nSPS) is 11.2. The number of nitrogens with one attached hydrogen (secondary N) is 1. The molecule has 1 aromatic rings. The van der Waals surface area contributed by atoms with E-state index in [1.54, 1.807) is 0 Å². The van der Waals surface area contributed by atoms with E-state index in [-0.39, 0.29) is 11.4 Å². The van der Waals surface area contributed by atoms with Crippen LogP contribution in [0.4, 0.5) is 5.69 Å². The highest BCUT2D eigenvalue weighted by molar-refractivity contribution is 9.10. The third kappa shape index (κ3) is 5.28. The molecule has 88 valence electrons. The number of carbonyl (C=O) groups is 1. The molecule has 0 aliphatic rings. The summed E-state index contributed by atoms with van der Waals surface area (Å²) in [5.41, 5.74) is 6.32. The molecule has 0 saturated heterocycles. The van der Waals surface area contributed by atoms with Gasteiger partial charge in [-0.2, -0.15) is 0 Å². The third-order valence-electron chi connectivity index (χ3n) is 2.10. The van der Waals surface area contributed by atoms with Crippen LogP contribution in [0.3, 0.4) is 0 Å². The number of amides is 1. The summed E-state index contributed by atoms with van der Waals surface area (Å²) in [4.78, 5) is 11.6. The highest BCUT2D eigenvalue weighted by Gasteiger charge is 2.13. The largest absolute Gasteiger partial charge is 0.326 e. The highest BCUT2D eigenvalue weighted by atomic mass is 79.9. The number of hydrogen-bond donors (Lipinski definition) is 2. The second-order valence-corrected chi connectivity index (χ2v) is 5.46. The third-order valence-corrected chi connectivity index (χ3v) is 2.60. The Morgan fingerprint density at radius 2 is 2.19 bits per heavy atom. The van der Waals surface area contributed by atoms with Gasteiger partial charge in [0.1, 0.15) is 0 Å². The number of halogens is 1. The molecule has 0 radical (unpaired) electrons. The van der Waals surface area contributed by atoms with Gasteiger partial charge in [-0.1, -0.05) is 22.0 Å². The van der Waals surface area contributed by atoms with E-state index in [9.17, 15) is 4.79 Å². The van der Waals surface area contributed by atoms with Crippen LogP contribution in [0.15, 0.2) is 28.7 Å². The fourth-order valence-corrected chi connectivity index (χ4v) is 1.62. The molecular formula is C12H17BrN2O. The molecule has 1 rings (SSSR count). The van der Waals surface area contributed by atoms with Gasteiger partial charge in [-0.15, -0.1) is 0 Å². The topological polar surface area (TPSA) is 55.1 Å². The van der Waals surface area contributed by atoms with Crippen molar-refractivity contribution in [1.29, 1.82) is 0 Å². The first kappa shape index (κ1) is 13.2. The molecule has 0 atom stereocenters. The Balaban J connectivity index is 2.46. The second kappa shape index (κ2) is 5.46. The molecule has 0 bridgehead atoms.